The third kappa shape index (κ3) is 3.24. The molecule has 2 heteroatoms. The van der Waals surface area contributed by atoms with Crippen LogP contribution in [-0.4, -0.2) is 23.3 Å². The Morgan fingerprint density at radius 3 is 2.00 bits per heavy atom. The number of hydrogen-bond donors (Lipinski definition) is 1. The second-order valence-electron chi connectivity index (χ2n) is 3.83. The minimum absolute atomic E-state index is 0.346. The monoisotopic (exact) mass is 170 g/mol. The van der Waals surface area contributed by atoms with Gasteiger partial charge in [0.15, 0.2) is 0 Å². The molecule has 0 saturated carbocycles. The summed E-state index contributed by atoms with van der Waals surface area (Å²) in [6.45, 7) is 11.6. The van der Waals surface area contributed by atoms with Crippen molar-refractivity contribution in [2.45, 2.75) is 47.1 Å². The summed E-state index contributed by atoms with van der Waals surface area (Å²) < 4.78 is 0. The zero-order valence-electron chi connectivity index (χ0n) is 9.02. The van der Waals surface area contributed by atoms with E-state index in [-0.39, 0.29) is 0 Å². The van der Waals surface area contributed by atoms with Gasteiger partial charge in [0.05, 0.1) is 5.84 Å². The van der Waals surface area contributed by atoms with Crippen molar-refractivity contribution in [1.82, 2.24) is 4.90 Å². The Morgan fingerprint density at radius 2 is 1.75 bits per heavy atom. The molecule has 0 aliphatic heterocycles. The molecule has 0 radical (unpaired) electrons. The highest BCUT2D eigenvalue weighted by Crippen LogP contribution is 2.07. The standard InChI is InChI=1S/C10H22N2/c1-6-7-12(9(4)5)10(11)8(2)3/h8-9,11H,6-7H2,1-5H3. The number of rotatable bonds is 4. The highest BCUT2D eigenvalue weighted by molar-refractivity contribution is 5.81. The van der Waals surface area contributed by atoms with Crippen LogP contribution in [0.1, 0.15) is 41.0 Å². The number of hydrogen-bond acceptors (Lipinski definition) is 1. The van der Waals surface area contributed by atoms with Crippen LogP contribution in [0.15, 0.2) is 0 Å². The van der Waals surface area contributed by atoms with Crippen molar-refractivity contribution in [3.63, 3.8) is 0 Å². The maximum absolute atomic E-state index is 7.86. The summed E-state index contributed by atoms with van der Waals surface area (Å²) >= 11 is 0. The van der Waals surface area contributed by atoms with Crippen molar-refractivity contribution in [2.24, 2.45) is 5.92 Å². The molecular weight excluding hydrogens is 148 g/mol. The van der Waals surface area contributed by atoms with Gasteiger partial charge in [0, 0.05) is 18.5 Å². The third-order valence-electron chi connectivity index (χ3n) is 1.94. The summed E-state index contributed by atoms with van der Waals surface area (Å²) in [7, 11) is 0. The second kappa shape index (κ2) is 5.18. The van der Waals surface area contributed by atoms with Gasteiger partial charge in [0.1, 0.15) is 0 Å². The van der Waals surface area contributed by atoms with Crippen molar-refractivity contribution < 1.29 is 0 Å². The van der Waals surface area contributed by atoms with Gasteiger partial charge in [-0.15, -0.1) is 0 Å². The highest BCUT2D eigenvalue weighted by Gasteiger charge is 2.14. The molecule has 0 rings (SSSR count). The van der Waals surface area contributed by atoms with Crippen LogP contribution < -0.4 is 0 Å². The van der Waals surface area contributed by atoms with E-state index in [1.54, 1.807) is 0 Å². The van der Waals surface area contributed by atoms with E-state index < -0.39 is 0 Å². The highest BCUT2D eigenvalue weighted by atomic mass is 15.2. The van der Waals surface area contributed by atoms with Crippen LogP contribution in [0.3, 0.4) is 0 Å². The van der Waals surface area contributed by atoms with Gasteiger partial charge in [-0.2, -0.15) is 0 Å². The lowest BCUT2D eigenvalue weighted by molar-refractivity contribution is 0.332. The van der Waals surface area contributed by atoms with Gasteiger partial charge in [-0.05, 0) is 20.3 Å². The first kappa shape index (κ1) is 11.5. The van der Waals surface area contributed by atoms with Gasteiger partial charge in [-0.1, -0.05) is 20.8 Å². The summed E-state index contributed by atoms with van der Waals surface area (Å²) in [6, 6.07) is 0.458. The lowest BCUT2D eigenvalue weighted by atomic mass is 10.1. The van der Waals surface area contributed by atoms with E-state index in [0.717, 1.165) is 18.8 Å². The maximum Gasteiger partial charge on any atom is 0.0986 e. The average molecular weight is 170 g/mol. The van der Waals surface area contributed by atoms with Gasteiger partial charge in [0.2, 0.25) is 0 Å². The van der Waals surface area contributed by atoms with Crippen LogP contribution >= 0.6 is 0 Å². The van der Waals surface area contributed by atoms with Gasteiger partial charge in [0.25, 0.3) is 0 Å². The summed E-state index contributed by atoms with van der Waals surface area (Å²) in [5.41, 5.74) is 0. The second-order valence-corrected chi connectivity index (χ2v) is 3.83. The van der Waals surface area contributed by atoms with Gasteiger partial charge in [-0.25, -0.2) is 0 Å². The van der Waals surface area contributed by atoms with E-state index >= 15 is 0 Å². The van der Waals surface area contributed by atoms with Crippen molar-refractivity contribution in [2.75, 3.05) is 6.54 Å². The Morgan fingerprint density at radius 1 is 1.25 bits per heavy atom. The fourth-order valence-corrected chi connectivity index (χ4v) is 1.23. The molecule has 0 saturated heterocycles. The summed E-state index contributed by atoms with van der Waals surface area (Å²) in [4.78, 5) is 2.17. The Kier molecular flexibility index (Phi) is 4.95. The van der Waals surface area contributed by atoms with Crippen LogP contribution in [0.25, 0.3) is 0 Å². The molecule has 0 aliphatic carbocycles. The van der Waals surface area contributed by atoms with E-state index in [1.807, 2.05) is 0 Å². The van der Waals surface area contributed by atoms with E-state index in [2.05, 4.69) is 39.5 Å². The first-order valence-electron chi connectivity index (χ1n) is 4.85. The van der Waals surface area contributed by atoms with E-state index in [0.29, 0.717) is 12.0 Å². The molecule has 0 fully saturated rings. The molecule has 72 valence electrons. The van der Waals surface area contributed by atoms with Gasteiger partial charge < -0.3 is 4.90 Å². The summed E-state index contributed by atoms with van der Waals surface area (Å²) in [5, 5.41) is 7.86. The molecule has 0 aromatic heterocycles. The topological polar surface area (TPSA) is 27.1 Å². The third-order valence-corrected chi connectivity index (χ3v) is 1.94. The summed E-state index contributed by atoms with van der Waals surface area (Å²) in [5.74, 6) is 1.12. The molecule has 1 N–H and O–H groups in total. The lowest BCUT2D eigenvalue weighted by Crippen LogP contribution is -2.39. The number of nitrogens with one attached hydrogen (secondary N) is 1. The maximum atomic E-state index is 7.86. The van der Waals surface area contributed by atoms with Crippen LogP contribution in [0.4, 0.5) is 0 Å². The van der Waals surface area contributed by atoms with E-state index in [9.17, 15) is 0 Å². The average Bonchev–Trinajstić information content (AvgIpc) is 1.98. The van der Waals surface area contributed by atoms with Crippen molar-refractivity contribution in [3.8, 4) is 0 Å². The summed E-state index contributed by atoms with van der Waals surface area (Å²) in [6.07, 6.45) is 1.12. The SMILES string of the molecule is CCCN(C(=N)C(C)C)C(C)C. The number of amidine groups is 1. The normalized spacial score (nSPS) is 10.9. The molecule has 0 aromatic rings. The Bertz CT molecular complexity index is 139. The first-order chi connectivity index (χ1) is 5.50. The first-order valence-corrected chi connectivity index (χ1v) is 4.85. The molecule has 0 aromatic carbocycles. The Labute approximate surface area is 76.5 Å². The minimum Gasteiger partial charge on any atom is -0.358 e. The van der Waals surface area contributed by atoms with Gasteiger partial charge in [-0.3, -0.25) is 5.41 Å². The predicted molar refractivity (Wildman–Crippen MR) is 54.7 cm³/mol. The molecule has 0 amide bonds. The smallest absolute Gasteiger partial charge is 0.0986 e. The predicted octanol–water partition coefficient (Wildman–Crippen LogP) is 2.74. The van der Waals surface area contributed by atoms with Crippen LogP contribution in [0.5, 0.6) is 0 Å². The molecular formula is C10H22N2. The Balaban J connectivity index is 4.19. The van der Waals surface area contributed by atoms with Crippen molar-refractivity contribution in [3.05, 3.63) is 0 Å². The molecule has 0 heterocycles. The fourth-order valence-electron chi connectivity index (χ4n) is 1.23. The molecule has 0 unspecified atom stereocenters. The van der Waals surface area contributed by atoms with Crippen molar-refractivity contribution >= 4 is 5.84 Å². The minimum atomic E-state index is 0.346. The van der Waals surface area contributed by atoms with Crippen molar-refractivity contribution in [1.29, 1.82) is 5.41 Å². The number of nitrogens with zero attached hydrogens (tertiary/aromatic N) is 1. The quantitative estimate of drug-likeness (QED) is 0.510. The molecule has 2 nitrogen and oxygen atoms in total. The van der Waals surface area contributed by atoms with E-state index in [1.165, 1.54) is 0 Å². The van der Waals surface area contributed by atoms with E-state index in [4.69, 9.17) is 5.41 Å². The van der Waals surface area contributed by atoms with Crippen LogP contribution in [0, 0.1) is 11.3 Å². The largest absolute Gasteiger partial charge is 0.358 e. The molecule has 12 heavy (non-hydrogen) atoms. The molecule has 0 atom stereocenters. The fraction of sp³-hybridized carbons (Fsp3) is 0.900. The molecule has 0 bridgehead atoms. The van der Waals surface area contributed by atoms with Crippen LogP contribution in [-0.2, 0) is 0 Å². The van der Waals surface area contributed by atoms with Gasteiger partial charge >= 0.3 is 0 Å². The lowest BCUT2D eigenvalue weighted by Gasteiger charge is -2.30. The molecule has 0 aliphatic rings. The molecule has 0 spiro atoms. The van der Waals surface area contributed by atoms with Crippen LogP contribution in [0.2, 0.25) is 0 Å². The zero-order chi connectivity index (χ0) is 9.72. The zero-order valence-corrected chi connectivity index (χ0v) is 9.02. The Hall–Kier alpha value is -0.530.